The van der Waals surface area contributed by atoms with E-state index < -0.39 is 0 Å². The van der Waals surface area contributed by atoms with Crippen molar-refractivity contribution in [3.63, 3.8) is 0 Å². The quantitative estimate of drug-likeness (QED) is 0.223. The van der Waals surface area contributed by atoms with Crippen molar-refractivity contribution in [2.75, 3.05) is 6.54 Å². The van der Waals surface area contributed by atoms with Crippen LogP contribution in [0.5, 0.6) is 0 Å². The fourth-order valence-corrected chi connectivity index (χ4v) is 5.19. The summed E-state index contributed by atoms with van der Waals surface area (Å²) < 4.78 is 0. The highest BCUT2D eigenvalue weighted by Gasteiger charge is 2.40. The van der Waals surface area contributed by atoms with Crippen molar-refractivity contribution in [1.29, 1.82) is 0 Å². The molecule has 2 heterocycles. The van der Waals surface area contributed by atoms with E-state index in [1.807, 2.05) is 56.4 Å². The molecule has 0 N–H and O–H groups in total. The van der Waals surface area contributed by atoms with Gasteiger partial charge in [-0.15, -0.1) is 0 Å². The second-order valence-electron chi connectivity index (χ2n) is 11.1. The van der Waals surface area contributed by atoms with Gasteiger partial charge in [0, 0.05) is 25.5 Å². The molecule has 2 saturated heterocycles. The Balaban J connectivity index is 0.000000343. The molecule has 0 aromatic heterocycles. The number of rotatable bonds is 8. The molecule has 3 heteroatoms. The molecule has 0 spiro atoms. The van der Waals surface area contributed by atoms with Gasteiger partial charge in [0.1, 0.15) is 5.78 Å². The summed E-state index contributed by atoms with van der Waals surface area (Å²) in [6.07, 6.45) is 16.6. The molecule has 2 aliphatic heterocycles. The van der Waals surface area contributed by atoms with E-state index in [2.05, 4.69) is 39.2 Å². The topological polar surface area (TPSA) is 37.4 Å². The Morgan fingerprint density at radius 2 is 1.79 bits per heavy atom. The minimum atomic E-state index is -0.0410. The lowest BCUT2D eigenvalue weighted by Gasteiger charge is -2.38. The standard InChI is InChI=1S/C16H29NO.C15H16O.H2/c1-5-12-8-13-6-7-14(9-12)17(13)11-15(18)10-16(2,3)4;1-4-6-7-8-13-11-14(15(16)5-2)10-9-12(13)3;/h12-14H,5-11H2,1-4H3;4-11H,2H2,1,3H3;1H/b;6-4+,8-7-;/t12?,13-,14+;;. The first-order valence-electron chi connectivity index (χ1n) is 12.9. The fourth-order valence-electron chi connectivity index (χ4n) is 5.19. The van der Waals surface area contributed by atoms with Crippen LogP contribution in [0, 0.1) is 18.3 Å². The number of Topliss-reactive ketones (excluding diaryl/α,β-unsaturated/α-hetero) is 1. The maximum atomic E-state index is 12.2. The summed E-state index contributed by atoms with van der Waals surface area (Å²) in [6, 6.07) is 7.08. The van der Waals surface area contributed by atoms with Crippen molar-refractivity contribution in [1.82, 2.24) is 4.90 Å². The van der Waals surface area contributed by atoms with Crippen molar-refractivity contribution >= 4 is 17.6 Å². The lowest BCUT2D eigenvalue weighted by Crippen LogP contribution is -2.45. The third kappa shape index (κ3) is 8.51. The molecule has 2 bridgehead atoms. The summed E-state index contributed by atoms with van der Waals surface area (Å²) in [5.41, 5.74) is 3.03. The average Bonchev–Trinajstić information content (AvgIpc) is 3.00. The van der Waals surface area contributed by atoms with E-state index in [1.165, 1.54) is 38.2 Å². The van der Waals surface area contributed by atoms with Gasteiger partial charge >= 0.3 is 0 Å². The largest absolute Gasteiger partial charge is 0.298 e. The van der Waals surface area contributed by atoms with Crippen molar-refractivity contribution < 1.29 is 11.0 Å². The van der Waals surface area contributed by atoms with Crippen LogP contribution in [0.15, 0.2) is 49.1 Å². The molecule has 34 heavy (non-hydrogen) atoms. The van der Waals surface area contributed by atoms with E-state index in [4.69, 9.17) is 0 Å². The molecule has 0 saturated carbocycles. The Morgan fingerprint density at radius 1 is 1.15 bits per heavy atom. The molecule has 3 atom stereocenters. The highest BCUT2D eigenvalue weighted by Crippen LogP contribution is 2.39. The summed E-state index contributed by atoms with van der Waals surface area (Å²) >= 11 is 0. The Morgan fingerprint density at radius 3 is 2.32 bits per heavy atom. The number of hydrogen-bond acceptors (Lipinski definition) is 3. The zero-order valence-corrected chi connectivity index (χ0v) is 22.3. The molecular formula is C31H47NO2. The van der Waals surface area contributed by atoms with E-state index in [-0.39, 0.29) is 12.6 Å². The number of benzene rings is 1. The Bertz CT molecular complexity index is 895. The lowest BCUT2D eigenvalue weighted by atomic mass is 9.87. The van der Waals surface area contributed by atoms with Gasteiger partial charge in [-0.2, -0.15) is 0 Å². The minimum Gasteiger partial charge on any atom is -0.298 e. The van der Waals surface area contributed by atoms with Crippen molar-refractivity contribution in [2.24, 2.45) is 11.3 Å². The molecule has 0 amide bonds. The maximum absolute atomic E-state index is 12.2. The highest BCUT2D eigenvalue weighted by molar-refractivity contribution is 6.04. The van der Waals surface area contributed by atoms with Crippen molar-refractivity contribution in [2.45, 2.75) is 92.2 Å². The molecular weight excluding hydrogens is 418 g/mol. The van der Waals surface area contributed by atoms with E-state index in [0.29, 0.717) is 30.0 Å². The maximum Gasteiger partial charge on any atom is 0.185 e. The predicted molar refractivity (Wildman–Crippen MR) is 147 cm³/mol. The number of aryl methyl sites for hydroxylation is 1. The van der Waals surface area contributed by atoms with Gasteiger partial charge in [0.05, 0.1) is 6.54 Å². The van der Waals surface area contributed by atoms with Crippen molar-refractivity contribution in [3.05, 3.63) is 65.8 Å². The molecule has 0 radical (unpaired) electrons. The van der Waals surface area contributed by atoms with Gasteiger partial charge in [-0.3, -0.25) is 14.5 Å². The van der Waals surface area contributed by atoms with Crippen LogP contribution in [-0.4, -0.2) is 35.1 Å². The molecule has 188 valence electrons. The van der Waals surface area contributed by atoms with Crippen LogP contribution in [0.1, 0.15) is 96.1 Å². The Labute approximate surface area is 209 Å². The number of nitrogens with zero attached hydrogens (tertiary/aromatic N) is 1. The van der Waals surface area contributed by atoms with Gasteiger partial charge < -0.3 is 0 Å². The third-order valence-electron chi connectivity index (χ3n) is 6.97. The molecule has 3 rings (SSSR count). The summed E-state index contributed by atoms with van der Waals surface area (Å²) in [7, 11) is 0. The number of fused-ring (bicyclic) bond motifs is 2. The minimum absolute atomic E-state index is 0. The highest BCUT2D eigenvalue weighted by atomic mass is 16.1. The second-order valence-corrected chi connectivity index (χ2v) is 11.1. The van der Waals surface area contributed by atoms with Crippen LogP contribution in [0.2, 0.25) is 0 Å². The van der Waals surface area contributed by atoms with Crippen LogP contribution in [-0.2, 0) is 4.79 Å². The van der Waals surface area contributed by atoms with Gasteiger partial charge in [-0.25, -0.2) is 0 Å². The first-order chi connectivity index (χ1) is 16.1. The van der Waals surface area contributed by atoms with Crippen LogP contribution >= 0.6 is 0 Å². The average molecular weight is 466 g/mol. The van der Waals surface area contributed by atoms with Crippen LogP contribution in [0.3, 0.4) is 0 Å². The summed E-state index contributed by atoms with van der Waals surface area (Å²) in [5, 5.41) is 0. The molecule has 2 aliphatic rings. The fraction of sp³-hybridized carbons (Fsp3) is 0.548. The number of carbonyl (C=O) groups excluding carboxylic acids is 2. The number of allylic oxidation sites excluding steroid dienone is 4. The molecule has 1 unspecified atom stereocenters. The zero-order chi connectivity index (χ0) is 25.3. The number of ketones is 2. The summed E-state index contributed by atoms with van der Waals surface area (Å²) in [5.74, 6) is 1.31. The second kappa shape index (κ2) is 13.0. The molecule has 1 aromatic carbocycles. The zero-order valence-electron chi connectivity index (χ0n) is 22.3. The SMILES string of the molecule is C=CC(=O)c1ccc(C)c(/C=C\C=C\C)c1.CCC1C[C@H]2CC[C@@H](C1)N2CC(=O)CC(C)(C)C.[HH]. The van der Waals surface area contributed by atoms with E-state index in [1.54, 1.807) is 0 Å². The van der Waals surface area contributed by atoms with E-state index in [9.17, 15) is 9.59 Å². The number of piperidine rings is 1. The summed E-state index contributed by atoms with van der Waals surface area (Å²) in [4.78, 5) is 26.1. The number of carbonyl (C=O) groups is 2. The van der Waals surface area contributed by atoms with E-state index in [0.717, 1.165) is 23.5 Å². The van der Waals surface area contributed by atoms with Gasteiger partial charge in [0.15, 0.2) is 5.78 Å². The first kappa shape index (κ1) is 28.0. The predicted octanol–water partition coefficient (Wildman–Crippen LogP) is 7.84. The monoisotopic (exact) mass is 465 g/mol. The van der Waals surface area contributed by atoms with Crippen LogP contribution in [0.25, 0.3) is 6.08 Å². The molecule has 2 fully saturated rings. The lowest BCUT2D eigenvalue weighted by molar-refractivity contribution is -0.123. The van der Waals surface area contributed by atoms with Gasteiger partial charge in [-0.05, 0) is 74.1 Å². The summed E-state index contributed by atoms with van der Waals surface area (Å²) in [6.45, 7) is 17.0. The van der Waals surface area contributed by atoms with Crippen LogP contribution in [0.4, 0.5) is 0 Å². The first-order valence-corrected chi connectivity index (χ1v) is 12.9. The van der Waals surface area contributed by atoms with Gasteiger partial charge in [0.25, 0.3) is 0 Å². The van der Waals surface area contributed by atoms with Crippen LogP contribution < -0.4 is 0 Å². The normalized spacial score (nSPS) is 22.6. The molecule has 0 aliphatic carbocycles. The van der Waals surface area contributed by atoms with Gasteiger partial charge in [0.2, 0.25) is 0 Å². The molecule has 3 nitrogen and oxygen atoms in total. The van der Waals surface area contributed by atoms with Crippen molar-refractivity contribution in [3.8, 4) is 0 Å². The number of hydrogen-bond donors (Lipinski definition) is 0. The van der Waals surface area contributed by atoms with Gasteiger partial charge in [-0.1, -0.05) is 77.1 Å². The van der Waals surface area contributed by atoms with E-state index >= 15 is 0 Å². The Hall–Kier alpha value is -2.26. The Kier molecular flexibility index (Phi) is 10.7. The smallest absolute Gasteiger partial charge is 0.185 e. The third-order valence-corrected chi connectivity index (χ3v) is 6.97. The molecule has 1 aromatic rings.